The van der Waals surface area contributed by atoms with Crippen LogP contribution in [0, 0.1) is 11.3 Å². The molecule has 4 aliphatic carbocycles. The lowest BCUT2D eigenvalue weighted by Gasteiger charge is -2.60. The average Bonchev–Trinajstić information content (AvgIpc) is 2.53. The van der Waals surface area contributed by atoms with E-state index < -0.39 is 57.5 Å². The molecule has 0 aromatic carbocycles. The minimum Gasteiger partial charge on any atom is -0.253 e. The summed E-state index contributed by atoms with van der Waals surface area (Å²) in [6.45, 7) is 1.88. The van der Waals surface area contributed by atoms with Gasteiger partial charge in [0.25, 0.3) is 5.92 Å². The van der Waals surface area contributed by atoms with Gasteiger partial charge in [-0.05, 0) is 57.8 Å². The Labute approximate surface area is 147 Å². The van der Waals surface area contributed by atoms with E-state index in [1.165, 1.54) is 0 Å². The highest BCUT2D eigenvalue weighted by Crippen LogP contribution is 2.67. The number of hydrogen-bond donors (Lipinski definition) is 0. The smallest absolute Gasteiger partial charge is 0.253 e. The maximum atomic E-state index is 15.0. The average molecular weight is 406 g/mol. The third kappa shape index (κ3) is 2.70. The first kappa shape index (κ1) is 20.0. The number of alkyl halides is 6. The molecule has 2 atom stereocenters. The lowest BCUT2D eigenvalue weighted by Crippen LogP contribution is -2.70. The summed E-state index contributed by atoms with van der Waals surface area (Å²) >= 11 is 0. The highest BCUT2D eigenvalue weighted by Gasteiger charge is 2.75. The van der Waals surface area contributed by atoms with Crippen molar-refractivity contribution >= 4 is 10.1 Å². The summed E-state index contributed by atoms with van der Waals surface area (Å²) in [7, 11) is -6.16. The van der Waals surface area contributed by atoms with Crippen molar-refractivity contribution < 1.29 is 38.9 Å². The van der Waals surface area contributed by atoms with Gasteiger partial charge in [-0.25, -0.2) is 13.2 Å². The maximum absolute atomic E-state index is 15.0. The quantitative estimate of drug-likeness (QED) is 0.290. The van der Waals surface area contributed by atoms with Gasteiger partial charge in [0.1, 0.15) is 5.60 Å². The van der Waals surface area contributed by atoms with Gasteiger partial charge in [-0.3, -0.25) is 4.18 Å². The van der Waals surface area contributed by atoms with Crippen LogP contribution in [0.4, 0.5) is 26.3 Å². The Hall–Kier alpha value is -0.770. The monoisotopic (exact) mass is 406 g/mol. The van der Waals surface area contributed by atoms with Crippen LogP contribution in [0.15, 0.2) is 11.6 Å². The second kappa shape index (κ2) is 5.86. The van der Waals surface area contributed by atoms with E-state index in [9.17, 15) is 34.8 Å². The fraction of sp³-hybridized carbons (Fsp3) is 0.875. The van der Waals surface area contributed by atoms with E-state index in [1.54, 1.807) is 0 Å². The molecule has 4 aliphatic rings. The second-order valence-corrected chi connectivity index (χ2v) is 9.25. The summed E-state index contributed by atoms with van der Waals surface area (Å²) in [5.41, 5.74) is -9.04. The van der Waals surface area contributed by atoms with Crippen molar-refractivity contribution in [2.75, 3.05) is 0 Å². The van der Waals surface area contributed by atoms with E-state index in [0.29, 0.717) is 19.3 Å². The van der Waals surface area contributed by atoms with Crippen LogP contribution in [0.1, 0.15) is 51.9 Å². The minimum absolute atomic E-state index is 0.259. The van der Waals surface area contributed by atoms with Crippen LogP contribution in [-0.2, 0) is 14.3 Å². The first-order chi connectivity index (χ1) is 11.8. The lowest BCUT2D eigenvalue weighted by molar-refractivity contribution is -0.298. The summed E-state index contributed by atoms with van der Waals surface area (Å²) in [4.78, 5) is 0. The third-order valence-electron chi connectivity index (χ3n) is 6.41. The molecule has 0 spiro atoms. The number of rotatable bonds is 3. The van der Waals surface area contributed by atoms with Crippen LogP contribution < -0.4 is 0 Å². The molecule has 0 N–H and O–H groups in total. The highest BCUT2D eigenvalue weighted by molar-refractivity contribution is 7.87. The summed E-state index contributed by atoms with van der Waals surface area (Å²) in [6.07, 6.45) is -1.28. The second-order valence-electron chi connectivity index (χ2n) is 7.71. The standard InChI is InChI=1S/C16H20F6O3S/c1-10-2-4-11(5-3-10)13-6-8-14(9-7-13,12(17)15(13,18)19)25-26(23,24)16(20,21)22/h2,11-12H,3-9H2,1H3. The Bertz CT molecular complexity index is 704. The minimum atomic E-state index is -6.16. The molecule has 3 fully saturated rings. The molecule has 0 aromatic rings. The van der Waals surface area contributed by atoms with Crippen LogP contribution in [0.5, 0.6) is 0 Å². The summed E-state index contributed by atoms with van der Waals surface area (Å²) in [5.74, 6) is -4.44. The zero-order valence-electron chi connectivity index (χ0n) is 14.1. The predicted molar refractivity (Wildman–Crippen MR) is 80.6 cm³/mol. The third-order valence-corrected chi connectivity index (χ3v) is 7.53. The van der Waals surface area contributed by atoms with E-state index in [-0.39, 0.29) is 12.8 Å². The zero-order valence-corrected chi connectivity index (χ0v) is 14.9. The molecule has 150 valence electrons. The molecule has 26 heavy (non-hydrogen) atoms. The Morgan fingerprint density at radius 3 is 2.19 bits per heavy atom. The van der Waals surface area contributed by atoms with Gasteiger partial charge in [0.05, 0.1) is 0 Å². The number of hydrogen-bond acceptors (Lipinski definition) is 3. The Balaban J connectivity index is 1.92. The molecule has 0 aliphatic heterocycles. The fourth-order valence-electron chi connectivity index (χ4n) is 4.83. The van der Waals surface area contributed by atoms with Crippen molar-refractivity contribution in [1.29, 1.82) is 0 Å². The zero-order chi connectivity index (χ0) is 19.6. The van der Waals surface area contributed by atoms with Crippen molar-refractivity contribution in [2.45, 2.75) is 75.1 Å². The maximum Gasteiger partial charge on any atom is 0.523 e. The molecular weight excluding hydrogens is 386 g/mol. The Morgan fingerprint density at radius 1 is 1.15 bits per heavy atom. The number of halogens is 6. The van der Waals surface area contributed by atoms with Crippen molar-refractivity contribution in [3.63, 3.8) is 0 Å². The molecule has 0 aromatic heterocycles. The van der Waals surface area contributed by atoms with E-state index >= 15 is 0 Å². The molecule has 0 saturated heterocycles. The van der Waals surface area contributed by atoms with Crippen molar-refractivity contribution in [3.05, 3.63) is 11.6 Å². The van der Waals surface area contributed by atoms with E-state index in [1.807, 2.05) is 13.0 Å². The van der Waals surface area contributed by atoms with Gasteiger partial charge in [0.2, 0.25) is 0 Å². The lowest BCUT2D eigenvalue weighted by atomic mass is 9.49. The van der Waals surface area contributed by atoms with Gasteiger partial charge in [-0.2, -0.15) is 21.6 Å². The van der Waals surface area contributed by atoms with Crippen LogP contribution >= 0.6 is 0 Å². The molecule has 0 amide bonds. The van der Waals surface area contributed by atoms with E-state index in [2.05, 4.69) is 4.18 Å². The van der Waals surface area contributed by atoms with E-state index in [4.69, 9.17) is 0 Å². The number of allylic oxidation sites excluding steroid dienone is 2. The van der Waals surface area contributed by atoms with E-state index in [0.717, 1.165) is 5.57 Å². The largest absolute Gasteiger partial charge is 0.523 e. The summed E-state index contributed by atoms with van der Waals surface area (Å²) < 4.78 is 109. The van der Waals surface area contributed by atoms with Crippen molar-refractivity contribution in [3.8, 4) is 0 Å². The van der Waals surface area contributed by atoms with Crippen molar-refractivity contribution in [1.82, 2.24) is 0 Å². The van der Waals surface area contributed by atoms with Crippen LogP contribution in [0.2, 0.25) is 0 Å². The number of fused-ring (bicyclic) bond motifs is 3. The molecule has 2 unspecified atom stereocenters. The Morgan fingerprint density at radius 2 is 1.73 bits per heavy atom. The molecule has 10 heteroatoms. The van der Waals surface area contributed by atoms with Crippen LogP contribution in [0.3, 0.4) is 0 Å². The van der Waals surface area contributed by atoms with Gasteiger partial charge in [-0.15, -0.1) is 0 Å². The molecule has 4 rings (SSSR count). The molecular formula is C16H20F6O3S. The van der Waals surface area contributed by atoms with Gasteiger partial charge in [-0.1, -0.05) is 11.6 Å². The van der Waals surface area contributed by atoms with Gasteiger partial charge < -0.3 is 0 Å². The topological polar surface area (TPSA) is 43.4 Å². The molecule has 3 saturated carbocycles. The molecule has 3 nitrogen and oxygen atoms in total. The SMILES string of the molecule is CC1=CCC(C23CCC(OS(=O)(=O)C(F)(F)F)(CC2)C(F)C3(F)F)CC1. The molecule has 2 bridgehead atoms. The molecule has 0 radical (unpaired) electrons. The van der Waals surface area contributed by atoms with Gasteiger partial charge in [0.15, 0.2) is 6.17 Å². The molecule has 0 heterocycles. The first-order valence-corrected chi connectivity index (χ1v) is 9.88. The first-order valence-electron chi connectivity index (χ1n) is 8.47. The highest BCUT2D eigenvalue weighted by atomic mass is 32.2. The van der Waals surface area contributed by atoms with Crippen molar-refractivity contribution in [2.24, 2.45) is 11.3 Å². The van der Waals surface area contributed by atoms with Gasteiger partial charge >= 0.3 is 15.6 Å². The predicted octanol–water partition coefficient (Wildman–Crippen LogP) is 4.89. The fourth-order valence-corrected chi connectivity index (χ4v) is 5.61. The summed E-state index contributed by atoms with van der Waals surface area (Å²) in [6, 6.07) is 0. The Kier molecular flexibility index (Phi) is 4.50. The summed E-state index contributed by atoms with van der Waals surface area (Å²) in [5, 5.41) is 0. The van der Waals surface area contributed by atoms with Crippen LogP contribution in [0.25, 0.3) is 0 Å². The van der Waals surface area contributed by atoms with Gasteiger partial charge in [0, 0.05) is 5.41 Å². The van der Waals surface area contributed by atoms with Crippen LogP contribution in [-0.4, -0.2) is 31.6 Å². The normalized spacial score (nSPS) is 40.3.